The molecule has 0 aliphatic rings. The van der Waals surface area contributed by atoms with Crippen LogP contribution in [0.2, 0.25) is 0 Å². The predicted molar refractivity (Wildman–Crippen MR) is 71.7 cm³/mol. The van der Waals surface area contributed by atoms with E-state index in [1.807, 2.05) is 6.92 Å². The van der Waals surface area contributed by atoms with Gasteiger partial charge in [-0.05, 0) is 30.9 Å². The van der Waals surface area contributed by atoms with Crippen LogP contribution in [0.4, 0.5) is 4.39 Å². The molecular formula is C15H21FO2. The minimum atomic E-state index is -0.382. The highest BCUT2D eigenvalue weighted by Crippen LogP contribution is 2.29. The monoisotopic (exact) mass is 252 g/mol. The van der Waals surface area contributed by atoms with Crippen LogP contribution in [0.15, 0.2) is 30.4 Å². The second kappa shape index (κ2) is 5.89. The highest BCUT2D eigenvalue weighted by atomic mass is 19.1. The zero-order valence-electron chi connectivity index (χ0n) is 11.5. The van der Waals surface area contributed by atoms with E-state index >= 15 is 0 Å². The van der Waals surface area contributed by atoms with Gasteiger partial charge in [-0.2, -0.15) is 0 Å². The molecule has 2 nitrogen and oxygen atoms in total. The molecule has 3 heteroatoms. The molecule has 0 N–H and O–H groups in total. The number of hydrogen-bond acceptors (Lipinski definition) is 2. The number of hydrogen-bond donors (Lipinski definition) is 0. The van der Waals surface area contributed by atoms with E-state index < -0.39 is 0 Å². The van der Waals surface area contributed by atoms with Gasteiger partial charge in [-0.25, -0.2) is 4.39 Å². The van der Waals surface area contributed by atoms with Crippen molar-refractivity contribution in [1.82, 2.24) is 0 Å². The summed E-state index contributed by atoms with van der Waals surface area (Å²) in [6, 6.07) is 4.51. The molecule has 18 heavy (non-hydrogen) atoms. The molecule has 0 fully saturated rings. The number of benzene rings is 1. The van der Waals surface area contributed by atoms with Crippen molar-refractivity contribution in [3.05, 3.63) is 36.2 Å². The topological polar surface area (TPSA) is 18.5 Å². The van der Waals surface area contributed by atoms with E-state index in [-0.39, 0.29) is 17.0 Å². The van der Waals surface area contributed by atoms with Gasteiger partial charge in [0.15, 0.2) is 11.6 Å². The first-order chi connectivity index (χ1) is 8.36. The van der Waals surface area contributed by atoms with Gasteiger partial charge >= 0.3 is 0 Å². The summed E-state index contributed by atoms with van der Waals surface area (Å²) >= 11 is 0. The highest BCUT2D eigenvalue weighted by Gasteiger charge is 2.18. The maximum absolute atomic E-state index is 13.2. The Morgan fingerprint density at radius 3 is 2.61 bits per heavy atom. The fraction of sp³-hybridized carbons (Fsp3) is 0.467. The molecule has 1 aromatic carbocycles. The van der Waals surface area contributed by atoms with Crippen LogP contribution in [0.25, 0.3) is 0 Å². The summed E-state index contributed by atoms with van der Waals surface area (Å²) in [6.07, 6.45) is 0.863. The number of allylic oxidation sites excluding steroid dienone is 1. The molecule has 0 amide bonds. The lowest BCUT2D eigenvalue weighted by atomic mass is 9.83. The van der Waals surface area contributed by atoms with E-state index in [0.29, 0.717) is 12.4 Å². The molecule has 0 atom stereocenters. The first-order valence-electron chi connectivity index (χ1n) is 5.99. The Morgan fingerprint density at radius 1 is 1.39 bits per heavy atom. The van der Waals surface area contributed by atoms with Crippen LogP contribution in [0.3, 0.4) is 0 Å². The molecule has 0 saturated heterocycles. The standard InChI is InChI=1S/C15H21FO2/c1-11(2)15(3,4)8-9-18-12-6-7-13(16)14(10-12)17-5/h6-7,10H,1,8-9H2,2-5H3. The van der Waals surface area contributed by atoms with Gasteiger partial charge in [0.25, 0.3) is 0 Å². The molecule has 0 spiro atoms. The van der Waals surface area contributed by atoms with E-state index in [2.05, 4.69) is 20.4 Å². The summed E-state index contributed by atoms with van der Waals surface area (Å²) in [4.78, 5) is 0. The van der Waals surface area contributed by atoms with E-state index in [1.54, 1.807) is 12.1 Å². The lowest BCUT2D eigenvalue weighted by Gasteiger charge is -2.24. The molecule has 0 saturated carbocycles. The van der Waals surface area contributed by atoms with Gasteiger partial charge in [-0.1, -0.05) is 26.0 Å². The lowest BCUT2D eigenvalue weighted by Crippen LogP contribution is -2.16. The first kappa shape index (κ1) is 14.6. The summed E-state index contributed by atoms with van der Waals surface area (Å²) in [5.41, 5.74) is 1.17. The SMILES string of the molecule is C=C(C)C(C)(C)CCOc1ccc(F)c(OC)c1. The van der Waals surface area contributed by atoms with Crippen molar-refractivity contribution in [1.29, 1.82) is 0 Å². The third-order valence-corrected chi connectivity index (χ3v) is 3.27. The Kier molecular flexibility index (Phi) is 4.76. The summed E-state index contributed by atoms with van der Waals surface area (Å²) in [5.74, 6) is 0.435. The van der Waals surface area contributed by atoms with Crippen molar-refractivity contribution in [3.63, 3.8) is 0 Å². The lowest BCUT2D eigenvalue weighted by molar-refractivity contribution is 0.252. The fourth-order valence-electron chi connectivity index (χ4n) is 1.37. The van der Waals surface area contributed by atoms with Crippen molar-refractivity contribution in [3.8, 4) is 11.5 Å². The Morgan fingerprint density at radius 2 is 2.06 bits per heavy atom. The Hall–Kier alpha value is -1.51. The number of halogens is 1. The van der Waals surface area contributed by atoms with Gasteiger partial charge in [-0.15, -0.1) is 0 Å². The maximum Gasteiger partial charge on any atom is 0.165 e. The zero-order chi connectivity index (χ0) is 13.8. The summed E-state index contributed by atoms with van der Waals surface area (Å²) in [6.45, 7) is 10.8. The van der Waals surface area contributed by atoms with Crippen LogP contribution in [-0.4, -0.2) is 13.7 Å². The van der Waals surface area contributed by atoms with Crippen molar-refractivity contribution in [2.24, 2.45) is 5.41 Å². The largest absolute Gasteiger partial charge is 0.494 e. The minimum Gasteiger partial charge on any atom is -0.494 e. The van der Waals surface area contributed by atoms with Crippen molar-refractivity contribution < 1.29 is 13.9 Å². The zero-order valence-corrected chi connectivity index (χ0v) is 11.5. The average molecular weight is 252 g/mol. The van der Waals surface area contributed by atoms with Crippen molar-refractivity contribution >= 4 is 0 Å². The van der Waals surface area contributed by atoms with E-state index in [0.717, 1.165) is 12.0 Å². The molecule has 0 aliphatic heterocycles. The second-order valence-electron chi connectivity index (χ2n) is 5.06. The van der Waals surface area contributed by atoms with Crippen LogP contribution in [0, 0.1) is 11.2 Å². The highest BCUT2D eigenvalue weighted by molar-refractivity contribution is 5.34. The Bertz CT molecular complexity index is 425. The second-order valence-corrected chi connectivity index (χ2v) is 5.06. The van der Waals surface area contributed by atoms with Crippen LogP contribution in [0.5, 0.6) is 11.5 Å². The molecule has 0 bridgehead atoms. The fourth-order valence-corrected chi connectivity index (χ4v) is 1.37. The molecule has 1 rings (SSSR count). The van der Waals surface area contributed by atoms with Crippen molar-refractivity contribution in [2.75, 3.05) is 13.7 Å². The summed E-state index contributed by atoms with van der Waals surface area (Å²) in [7, 11) is 1.44. The molecule has 100 valence electrons. The molecule has 0 aliphatic carbocycles. The molecule has 0 aromatic heterocycles. The third kappa shape index (κ3) is 3.76. The van der Waals surface area contributed by atoms with Gasteiger partial charge < -0.3 is 9.47 Å². The first-order valence-corrected chi connectivity index (χ1v) is 5.99. The van der Waals surface area contributed by atoms with E-state index in [9.17, 15) is 4.39 Å². The van der Waals surface area contributed by atoms with Crippen molar-refractivity contribution in [2.45, 2.75) is 27.2 Å². The third-order valence-electron chi connectivity index (χ3n) is 3.27. The Labute approximate surface area is 108 Å². The number of ether oxygens (including phenoxy) is 2. The minimum absolute atomic E-state index is 0.0458. The van der Waals surface area contributed by atoms with Gasteiger partial charge in [0.2, 0.25) is 0 Å². The maximum atomic E-state index is 13.2. The van der Waals surface area contributed by atoms with E-state index in [4.69, 9.17) is 9.47 Å². The number of rotatable bonds is 6. The molecule has 0 heterocycles. The van der Waals surface area contributed by atoms with Crippen LogP contribution >= 0.6 is 0 Å². The molecule has 0 radical (unpaired) electrons. The summed E-state index contributed by atoms with van der Waals surface area (Å²) < 4.78 is 23.7. The molecular weight excluding hydrogens is 231 g/mol. The molecule has 0 unspecified atom stereocenters. The van der Waals surface area contributed by atoms with Crippen LogP contribution in [0.1, 0.15) is 27.2 Å². The average Bonchev–Trinajstić information content (AvgIpc) is 2.31. The van der Waals surface area contributed by atoms with E-state index in [1.165, 1.54) is 13.2 Å². The van der Waals surface area contributed by atoms with Gasteiger partial charge in [0, 0.05) is 6.07 Å². The normalized spacial score (nSPS) is 11.2. The summed E-state index contributed by atoms with van der Waals surface area (Å²) in [5, 5.41) is 0. The Balaban J connectivity index is 2.57. The van der Waals surface area contributed by atoms with Crippen LogP contribution in [-0.2, 0) is 0 Å². The van der Waals surface area contributed by atoms with Gasteiger partial charge in [-0.3, -0.25) is 0 Å². The quantitative estimate of drug-likeness (QED) is 0.706. The number of methoxy groups -OCH3 is 1. The van der Waals surface area contributed by atoms with Gasteiger partial charge in [0.05, 0.1) is 13.7 Å². The van der Waals surface area contributed by atoms with Gasteiger partial charge in [0.1, 0.15) is 5.75 Å². The van der Waals surface area contributed by atoms with Crippen LogP contribution < -0.4 is 9.47 Å². The molecule has 1 aromatic rings. The predicted octanol–water partition coefficient (Wildman–Crippen LogP) is 4.21. The smallest absolute Gasteiger partial charge is 0.165 e.